The minimum Gasteiger partial charge on any atom is -0.399 e. The molecular weight excluding hydrogens is 390 g/mol. The second kappa shape index (κ2) is 8.00. The minimum absolute atomic E-state index is 0.0836. The van der Waals surface area contributed by atoms with Gasteiger partial charge in [-0.3, -0.25) is 0 Å². The van der Waals surface area contributed by atoms with Gasteiger partial charge in [0.25, 0.3) is 0 Å². The Morgan fingerprint density at radius 2 is 1.97 bits per heavy atom. The number of aromatic nitrogens is 5. The van der Waals surface area contributed by atoms with Crippen LogP contribution in [0.5, 0.6) is 0 Å². The van der Waals surface area contributed by atoms with E-state index in [-0.39, 0.29) is 18.1 Å². The van der Waals surface area contributed by atoms with Crippen molar-refractivity contribution in [2.75, 3.05) is 16.4 Å². The topological polar surface area (TPSA) is 133 Å². The Bertz CT molecular complexity index is 996. The van der Waals surface area contributed by atoms with Gasteiger partial charge in [-0.2, -0.15) is 9.97 Å². The summed E-state index contributed by atoms with van der Waals surface area (Å²) in [5.41, 5.74) is 14.7. The third-order valence-corrected chi connectivity index (χ3v) is 5.35. The molecule has 2 aromatic heterocycles. The van der Waals surface area contributed by atoms with E-state index in [0.717, 1.165) is 31.4 Å². The van der Waals surface area contributed by atoms with Gasteiger partial charge in [-0.25, -0.2) is 4.68 Å². The molecule has 0 saturated heterocycles. The molecule has 0 aliphatic heterocycles. The Hall–Kier alpha value is -2.65. The van der Waals surface area contributed by atoms with Crippen molar-refractivity contribution >= 4 is 45.9 Å². The van der Waals surface area contributed by atoms with Gasteiger partial charge < -0.3 is 22.1 Å². The van der Waals surface area contributed by atoms with Gasteiger partial charge in [0, 0.05) is 28.5 Å². The fourth-order valence-corrected chi connectivity index (χ4v) is 3.90. The van der Waals surface area contributed by atoms with Crippen LogP contribution in [0.3, 0.4) is 0 Å². The van der Waals surface area contributed by atoms with Crippen LogP contribution in [-0.2, 0) is 0 Å². The normalized spacial score (nSPS) is 19.6. The molecule has 1 saturated carbocycles. The fourth-order valence-electron chi connectivity index (χ4n) is 3.66. The maximum Gasteiger partial charge on any atom is 0.227 e. The Balaban J connectivity index is 1.75. The summed E-state index contributed by atoms with van der Waals surface area (Å²) in [6.45, 7) is 4.07. The molecule has 1 aliphatic carbocycles. The largest absolute Gasteiger partial charge is 0.399 e. The summed E-state index contributed by atoms with van der Waals surface area (Å²) >= 11 is 6.15. The number of fused-ring (bicyclic) bond motifs is 1. The second-order valence-electron chi connectivity index (χ2n) is 7.79. The molecule has 1 fully saturated rings. The molecule has 10 heteroatoms. The first kappa shape index (κ1) is 19.7. The number of hydrogen-bond acceptors (Lipinski definition) is 8. The molecule has 0 radical (unpaired) electrons. The van der Waals surface area contributed by atoms with Gasteiger partial charge in [-0.05, 0) is 44.9 Å². The molecule has 3 aromatic rings. The number of hydrogen-bond donors (Lipinski definition) is 4. The van der Waals surface area contributed by atoms with Crippen LogP contribution in [0.4, 0.5) is 23.1 Å². The average Bonchev–Trinajstić information content (AvgIpc) is 3.07. The van der Waals surface area contributed by atoms with Crippen LogP contribution in [0, 0.1) is 0 Å². The van der Waals surface area contributed by atoms with E-state index in [1.54, 1.807) is 22.9 Å². The Labute approximate surface area is 174 Å². The summed E-state index contributed by atoms with van der Waals surface area (Å²) in [7, 11) is 0. The van der Waals surface area contributed by atoms with Gasteiger partial charge in [-0.1, -0.05) is 29.7 Å². The van der Waals surface area contributed by atoms with Crippen LogP contribution in [0.1, 0.15) is 45.6 Å². The van der Waals surface area contributed by atoms with Gasteiger partial charge in [0.1, 0.15) is 0 Å². The molecular formula is C19H26ClN9. The van der Waals surface area contributed by atoms with Gasteiger partial charge >= 0.3 is 0 Å². The number of halogens is 1. The Morgan fingerprint density at radius 1 is 1.17 bits per heavy atom. The van der Waals surface area contributed by atoms with Crippen LogP contribution < -0.4 is 22.1 Å². The molecule has 0 spiro atoms. The first-order chi connectivity index (χ1) is 13.9. The minimum atomic E-state index is 0.0836. The van der Waals surface area contributed by atoms with Crippen molar-refractivity contribution in [3.63, 3.8) is 0 Å². The highest BCUT2D eigenvalue weighted by atomic mass is 35.5. The van der Waals surface area contributed by atoms with Gasteiger partial charge in [0.2, 0.25) is 5.95 Å². The monoisotopic (exact) mass is 415 g/mol. The van der Waals surface area contributed by atoms with Crippen molar-refractivity contribution < 1.29 is 0 Å². The van der Waals surface area contributed by atoms with Crippen LogP contribution in [-0.4, -0.2) is 37.0 Å². The Kier molecular flexibility index (Phi) is 5.42. The SMILES string of the molecule is CC(C)n1nnc2c(Nc3cc(N)cc(Cl)c3)nc(NC3CCCCC3N)nc21. The molecule has 6 N–H and O–H groups in total. The molecule has 154 valence electrons. The number of rotatable bonds is 5. The number of nitrogens with two attached hydrogens (primary N) is 2. The molecule has 2 atom stereocenters. The molecule has 1 aliphatic rings. The van der Waals surface area contributed by atoms with Gasteiger partial charge in [-0.15, -0.1) is 5.10 Å². The lowest BCUT2D eigenvalue weighted by atomic mass is 9.91. The van der Waals surface area contributed by atoms with E-state index in [1.807, 2.05) is 13.8 Å². The Morgan fingerprint density at radius 3 is 2.69 bits per heavy atom. The molecule has 0 bridgehead atoms. The number of nitrogens with zero attached hydrogens (tertiary/aromatic N) is 5. The van der Waals surface area contributed by atoms with Crippen LogP contribution in [0.25, 0.3) is 11.2 Å². The number of benzene rings is 1. The highest BCUT2D eigenvalue weighted by Crippen LogP contribution is 2.29. The zero-order valence-corrected chi connectivity index (χ0v) is 17.3. The number of nitrogen functional groups attached to an aromatic ring is 1. The highest BCUT2D eigenvalue weighted by Gasteiger charge is 2.24. The van der Waals surface area contributed by atoms with Crippen molar-refractivity contribution in [3.05, 3.63) is 23.2 Å². The quantitative estimate of drug-likeness (QED) is 0.465. The summed E-state index contributed by atoms with van der Waals surface area (Å²) in [6, 6.07) is 5.59. The van der Waals surface area contributed by atoms with Gasteiger partial charge in [0.15, 0.2) is 17.0 Å². The zero-order chi connectivity index (χ0) is 20.5. The molecule has 29 heavy (non-hydrogen) atoms. The summed E-state index contributed by atoms with van der Waals surface area (Å²) in [5, 5.41) is 15.8. The van der Waals surface area contributed by atoms with E-state index < -0.39 is 0 Å². The van der Waals surface area contributed by atoms with Crippen molar-refractivity contribution in [1.82, 2.24) is 25.0 Å². The van der Waals surface area contributed by atoms with Crippen molar-refractivity contribution in [1.29, 1.82) is 0 Å². The average molecular weight is 416 g/mol. The van der Waals surface area contributed by atoms with E-state index in [0.29, 0.717) is 33.6 Å². The molecule has 2 heterocycles. The predicted molar refractivity (Wildman–Crippen MR) is 117 cm³/mol. The van der Waals surface area contributed by atoms with E-state index in [9.17, 15) is 0 Å². The molecule has 0 amide bonds. The van der Waals surface area contributed by atoms with E-state index in [1.165, 1.54) is 0 Å². The van der Waals surface area contributed by atoms with Crippen LogP contribution >= 0.6 is 11.6 Å². The number of nitrogens with one attached hydrogen (secondary N) is 2. The van der Waals surface area contributed by atoms with Crippen molar-refractivity contribution in [3.8, 4) is 0 Å². The van der Waals surface area contributed by atoms with E-state index >= 15 is 0 Å². The molecule has 2 unspecified atom stereocenters. The van der Waals surface area contributed by atoms with Crippen LogP contribution in [0.2, 0.25) is 5.02 Å². The highest BCUT2D eigenvalue weighted by molar-refractivity contribution is 6.31. The maximum absolute atomic E-state index is 6.30. The predicted octanol–water partition coefficient (Wildman–Crippen LogP) is 3.46. The van der Waals surface area contributed by atoms with E-state index in [4.69, 9.17) is 28.1 Å². The van der Waals surface area contributed by atoms with Crippen LogP contribution in [0.15, 0.2) is 18.2 Å². The van der Waals surface area contributed by atoms with Crippen molar-refractivity contribution in [2.45, 2.75) is 57.7 Å². The molecule has 1 aromatic carbocycles. The smallest absolute Gasteiger partial charge is 0.227 e. The lowest BCUT2D eigenvalue weighted by Gasteiger charge is -2.29. The lowest BCUT2D eigenvalue weighted by Crippen LogP contribution is -2.43. The standard InChI is InChI=1S/C19H26ClN9/c1-10(2)29-18-16(27-28-29)17(23-13-8-11(20)7-12(21)9-13)25-19(26-18)24-15-6-4-3-5-14(15)22/h7-10,14-15H,3-6,21-22H2,1-2H3,(H2,23,24,25,26). The number of anilines is 4. The molecule has 4 rings (SSSR count). The maximum atomic E-state index is 6.30. The zero-order valence-electron chi connectivity index (χ0n) is 16.6. The first-order valence-corrected chi connectivity index (χ1v) is 10.3. The van der Waals surface area contributed by atoms with Crippen molar-refractivity contribution in [2.24, 2.45) is 5.73 Å². The lowest BCUT2D eigenvalue weighted by molar-refractivity contribution is 0.402. The summed E-state index contributed by atoms with van der Waals surface area (Å²) in [5.74, 6) is 1.04. The fraction of sp³-hybridized carbons (Fsp3) is 0.474. The second-order valence-corrected chi connectivity index (χ2v) is 8.23. The molecule has 9 nitrogen and oxygen atoms in total. The third-order valence-electron chi connectivity index (χ3n) is 5.13. The summed E-state index contributed by atoms with van der Waals surface area (Å²) < 4.78 is 1.78. The third kappa shape index (κ3) is 4.20. The summed E-state index contributed by atoms with van der Waals surface area (Å²) in [4.78, 5) is 9.36. The first-order valence-electron chi connectivity index (χ1n) is 9.89. The van der Waals surface area contributed by atoms with Gasteiger partial charge in [0.05, 0.1) is 6.04 Å². The van der Waals surface area contributed by atoms with E-state index in [2.05, 4.69) is 25.9 Å². The summed E-state index contributed by atoms with van der Waals surface area (Å²) in [6.07, 6.45) is 4.30.